The molecule has 120 valence electrons. The van der Waals surface area contributed by atoms with E-state index in [4.69, 9.17) is 18.0 Å². The summed E-state index contributed by atoms with van der Waals surface area (Å²) < 4.78 is 1.45. The van der Waals surface area contributed by atoms with E-state index in [0.717, 1.165) is 5.03 Å². The molecule has 0 amide bonds. The van der Waals surface area contributed by atoms with E-state index in [2.05, 4.69) is 20.5 Å². The average molecular weight is 356 g/mol. The molecule has 3 aromatic rings. The third-order valence-corrected chi connectivity index (χ3v) is 3.99. The quantitative estimate of drug-likeness (QED) is 0.316. The van der Waals surface area contributed by atoms with Crippen LogP contribution in [0, 0.1) is 0 Å². The molecule has 24 heavy (non-hydrogen) atoms. The van der Waals surface area contributed by atoms with Crippen molar-refractivity contribution in [3.8, 4) is 0 Å². The number of hydrazone groups is 1. The number of nitrogens with zero attached hydrogens (tertiary/aromatic N) is 4. The number of fused-ring (bicyclic) bond motifs is 1. The molecular weight excluding hydrogens is 344 g/mol. The molecule has 0 unspecified atom stereocenters. The van der Waals surface area contributed by atoms with Crippen molar-refractivity contribution in [2.75, 3.05) is 0 Å². The lowest BCUT2D eigenvalue weighted by Crippen LogP contribution is -2.25. The summed E-state index contributed by atoms with van der Waals surface area (Å²) in [5.41, 5.74) is 8.39. The highest BCUT2D eigenvalue weighted by Crippen LogP contribution is 2.25. The summed E-state index contributed by atoms with van der Waals surface area (Å²) in [6.07, 6.45) is 4.69. The van der Waals surface area contributed by atoms with Crippen molar-refractivity contribution in [1.82, 2.24) is 19.8 Å². The van der Waals surface area contributed by atoms with Gasteiger partial charge in [0, 0.05) is 12.4 Å². The second kappa shape index (κ2) is 7.20. The first-order valence-corrected chi connectivity index (χ1v) is 8.06. The van der Waals surface area contributed by atoms with Gasteiger partial charge in [-0.15, -0.1) is 0 Å². The maximum Gasteiger partial charge on any atom is 0.267 e. The number of nitrogens with two attached hydrogens (primary N) is 1. The van der Waals surface area contributed by atoms with Crippen LogP contribution in [0.1, 0.15) is 5.56 Å². The molecule has 0 bridgehead atoms. The molecule has 0 aliphatic heterocycles. The predicted octanol–water partition coefficient (Wildman–Crippen LogP) is 1.41. The molecule has 0 aliphatic rings. The molecule has 0 atom stereocenters. The number of nitrogens with one attached hydrogen (secondary N) is 1. The van der Waals surface area contributed by atoms with Crippen molar-refractivity contribution in [2.24, 2.45) is 10.8 Å². The number of hydrogen-bond acceptors (Lipinski definition) is 6. The topological polar surface area (TPSA) is 97.7 Å². The van der Waals surface area contributed by atoms with E-state index in [9.17, 15) is 4.79 Å². The van der Waals surface area contributed by atoms with Crippen LogP contribution < -0.4 is 16.7 Å². The molecule has 3 heterocycles. The Bertz CT molecular complexity index is 971. The van der Waals surface area contributed by atoms with Crippen LogP contribution in [0.3, 0.4) is 0 Å². The van der Waals surface area contributed by atoms with Gasteiger partial charge in [0.25, 0.3) is 5.56 Å². The summed E-state index contributed by atoms with van der Waals surface area (Å²) in [6, 6.07) is 10.9. The molecule has 0 aromatic carbocycles. The van der Waals surface area contributed by atoms with Gasteiger partial charge in [0.2, 0.25) is 0 Å². The van der Waals surface area contributed by atoms with E-state index in [0.29, 0.717) is 16.2 Å². The number of aromatic nitrogens is 3. The van der Waals surface area contributed by atoms with Crippen LogP contribution in [0.25, 0.3) is 5.65 Å². The minimum atomic E-state index is -0.243. The molecule has 3 aromatic heterocycles. The Kier molecular flexibility index (Phi) is 4.82. The summed E-state index contributed by atoms with van der Waals surface area (Å²) in [5.74, 6) is 0. The van der Waals surface area contributed by atoms with E-state index in [1.54, 1.807) is 24.5 Å². The number of rotatable bonds is 4. The summed E-state index contributed by atoms with van der Waals surface area (Å²) >= 11 is 5.98. The maximum absolute atomic E-state index is 12.7. The Labute approximate surface area is 146 Å². The van der Waals surface area contributed by atoms with Crippen molar-refractivity contribution in [2.45, 2.75) is 10.1 Å². The second-order valence-electron chi connectivity index (χ2n) is 4.57. The maximum atomic E-state index is 12.7. The summed E-state index contributed by atoms with van der Waals surface area (Å²) in [7, 11) is 0. The summed E-state index contributed by atoms with van der Waals surface area (Å²) in [4.78, 5) is 21.5. The first kappa shape index (κ1) is 16.1. The highest BCUT2D eigenvalue weighted by molar-refractivity contribution is 7.99. The van der Waals surface area contributed by atoms with Crippen LogP contribution in [-0.4, -0.2) is 25.7 Å². The van der Waals surface area contributed by atoms with E-state index in [1.165, 1.54) is 22.4 Å². The zero-order valence-electron chi connectivity index (χ0n) is 12.3. The summed E-state index contributed by atoms with van der Waals surface area (Å²) in [5, 5.41) is 5.12. The first-order valence-electron chi connectivity index (χ1n) is 6.84. The SMILES string of the molecule is NC(=S)N/N=C\c1c(Sc2ccccn2)nc2ccccn2c1=O. The van der Waals surface area contributed by atoms with Gasteiger partial charge in [0.15, 0.2) is 5.11 Å². The van der Waals surface area contributed by atoms with Gasteiger partial charge >= 0.3 is 0 Å². The molecule has 9 heteroatoms. The van der Waals surface area contributed by atoms with Crippen molar-refractivity contribution >= 4 is 41.0 Å². The molecule has 3 rings (SSSR count). The fourth-order valence-electron chi connectivity index (χ4n) is 1.94. The monoisotopic (exact) mass is 356 g/mol. The lowest BCUT2D eigenvalue weighted by Gasteiger charge is -2.07. The zero-order chi connectivity index (χ0) is 16.9. The third-order valence-electron chi connectivity index (χ3n) is 2.94. The Morgan fingerprint density at radius 1 is 1.33 bits per heavy atom. The molecule has 0 radical (unpaired) electrons. The van der Waals surface area contributed by atoms with Crippen LogP contribution in [0.4, 0.5) is 0 Å². The molecule has 0 saturated carbocycles. The molecule has 7 nitrogen and oxygen atoms in total. The Morgan fingerprint density at radius 3 is 2.92 bits per heavy atom. The lowest BCUT2D eigenvalue weighted by atomic mass is 10.3. The third kappa shape index (κ3) is 3.58. The molecular formula is C15H12N6OS2. The highest BCUT2D eigenvalue weighted by Gasteiger charge is 2.13. The van der Waals surface area contributed by atoms with Gasteiger partial charge in [0.1, 0.15) is 15.7 Å². The van der Waals surface area contributed by atoms with Crippen molar-refractivity contribution in [1.29, 1.82) is 0 Å². The van der Waals surface area contributed by atoms with E-state index < -0.39 is 0 Å². The van der Waals surface area contributed by atoms with Crippen LogP contribution in [-0.2, 0) is 0 Å². The fraction of sp³-hybridized carbons (Fsp3) is 0. The Balaban J connectivity index is 2.12. The number of pyridine rings is 2. The second-order valence-corrected chi connectivity index (χ2v) is 6.02. The fourth-order valence-corrected chi connectivity index (χ4v) is 2.84. The van der Waals surface area contributed by atoms with Gasteiger partial charge in [0.05, 0.1) is 11.8 Å². The number of thiocarbonyl (C=S) groups is 1. The lowest BCUT2D eigenvalue weighted by molar-refractivity contribution is 0.967. The highest BCUT2D eigenvalue weighted by atomic mass is 32.2. The predicted molar refractivity (Wildman–Crippen MR) is 97.3 cm³/mol. The molecule has 0 fully saturated rings. The van der Waals surface area contributed by atoms with Crippen LogP contribution in [0.15, 0.2) is 68.7 Å². The van der Waals surface area contributed by atoms with E-state index in [1.807, 2.05) is 24.3 Å². The van der Waals surface area contributed by atoms with Gasteiger partial charge < -0.3 is 5.73 Å². The minimum Gasteiger partial charge on any atom is -0.375 e. The van der Waals surface area contributed by atoms with Gasteiger partial charge in [-0.25, -0.2) is 9.97 Å². The largest absolute Gasteiger partial charge is 0.375 e. The van der Waals surface area contributed by atoms with Gasteiger partial charge in [-0.1, -0.05) is 12.1 Å². The Morgan fingerprint density at radius 2 is 2.17 bits per heavy atom. The molecule has 0 saturated heterocycles. The van der Waals surface area contributed by atoms with Crippen molar-refractivity contribution < 1.29 is 0 Å². The number of hydrogen-bond donors (Lipinski definition) is 2. The smallest absolute Gasteiger partial charge is 0.267 e. The van der Waals surface area contributed by atoms with Crippen LogP contribution >= 0.6 is 24.0 Å². The Hall–Kier alpha value is -2.78. The van der Waals surface area contributed by atoms with Crippen molar-refractivity contribution in [3.63, 3.8) is 0 Å². The first-order chi connectivity index (χ1) is 11.6. The van der Waals surface area contributed by atoms with Gasteiger partial charge in [-0.05, 0) is 48.2 Å². The zero-order valence-corrected chi connectivity index (χ0v) is 13.9. The standard InChI is InChI=1S/C15H12N6OS2/c16-15(23)20-18-9-10-13(24-12-6-1-3-7-17-12)19-11-5-2-4-8-21(11)14(10)22/h1-9H,(H3,16,20,23)/b18-9-. The average Bonchev–Trinajstić information content (AvgIpc) is 2.58. The normalized spacial score (nSPS) is 11.0. The van der Waals surface area contributed by atoms with Gasteiger partial charge in [-0.2, -0.15) is 5.10 Å². The van der Waals surface area contributed by atoms with Gasteiger partial charge in [-0.3, -0.25) is 14.6 Å². The minimum absolute atomic E-state index is 0.0130. The van der Waals surface area contributed by atoms with Crippen LogP contribution in [0.5, 0.6) is 0 Å². The van der Waals surface area contributed by atoms with Crippen LogP contribution in [0.2, 0.25) is 0 Å². The molecule has 3 N–H and O–H groups in total. The van der Waals surface area contributed by atoms with E-state index in [-0.39, 0.29) is 10.7 Å². The molecule has 0 aliphatic carbocycles. The summed E-state index contributed by atoms with van der Waals surface area (Å²) in [6.45, 7) is 0. The molecule has 0 spiro atoms. The van der Waals surface area contributed by atoms with E-state index >= 15 is 0 Å². The van der Waals surface area contributed by atoms with Crippen molar-refractivity contribution in [3.05, 3.63) is 64.7 Å².